The van der Waals surface area contributed by atoms with Crippen molar-refractivity contribution >= 4 is 39.1 Å². The van der Waals surface area contributed by atoms with Gasteiger partial charge in [0, 0.05) is 47.6 Å². The Morgan fingerprint density at radius 1 is 1.19 bits per heavy atom. The van der Waals surface area contributed by atoms with Crippen LogP contribution in [0.2, 0.25) is 5.02 Å². The molecule has 7 nitrogen and oxygen atoms in total. The number of fused-ring (bicyclic) bond motifs is 5. The van der Waals surface area contributed by atoms with E-state index in [-0.39, 0.29) is 51.4 Å². The lowest BCUT2D eigenvalue weighted by Gasteiger charge is -2.50. The lowest BCUT2D eigenvalue weighted by molar-refractivity contribution is 0.183. The highest BCUT2D eigenvalue weighted by molar-refractivity contribution is 6.35. The lowest BCUT2D eigenvalue weighted by atomic mass is 9.86. The van der Waals surface area contributed by atoms with Gasteiger partial charge in [0.05, 0.1) is 11.6 Å². The van der Waals surface area contributed by atoms with Crippen molar-refractivity contribution in [3.05, 3.63) is 66.0 Å². The Morgan fingerprint density at radius 2 is 2.00 bits per heavy atom. The quantitative estimate of drug-likeness (QED) is 0.239. The predicted molar refractivity (Wildman–Crippen MR) is 166 cm³/mol. The van der Waals surface area contributed by atoms with E-state index in [0.717, 1.165) is 49.5 Å². The summed E-state index contributed by atoms with van der Waals surface area (Å²) < 4.78 is 23.1. The Morgan fingerprint density at radius 3 is 2.74 bits per heavy atom. The second kappa shape index (κ2) is 10.4. The van der Waals surface area contributed by atoms with Gasteiger partial charge in [-0.15, -0.1) is 6.58 Å². The minimum absolute atomic E-state index is 0.0367. The van der Waals surface area contributed by atoms with Crippen LogP contribution in [0.5, 0.6) is 11.8 Å². The smallest absolute Gasteiger partial charge is 0.319 e. The van der Waals surface area contributed by atoms with E-state index >= 15 is 4.39 Å². The van der Waals surface area contributed by atoms with Gasteiger partial charge in [-0.1, -0.05) is 41.9 Å². The monoisotopic (exact) mass is 587 g/mol. The zero-order valence-corrected chi connectivity index (χ0v) is 24.7. The summed E-state index contributed by atoms with van der Waals surface area (Å²) in [4.78, 5) is 14.0. The Bertz CT molecular complexity index is 1710. The van der Waals surface area contributed by atoms with Crippen LogP contribution in [0.3, 0.4) is 0 Å². The largest absolute Gasteiger partial charge is 0.508 e. The first-order valence-electron chi connectivity index (χ1n) is 14.6. The SMILES string of the molecule is C=C[C@H]1N[C@@H]2CC[C@@H]1N(c1nc(OCC3(CN(C)C)CC3)nc3c(F)c(-c4cc(O)cc5ccccc45)c(Cl)cc13)C2. The van der Waals surface area contributed by atoms with Crippen molar-refractivity contribution in [2.45, 2.75) is 43.8 Å². The molecule has 0 spiro atoms. The van der Waals surface area contributed by atoms with Crippen LogP contribution in [0.4, 0.5) is 10.2 Å². The molecule has 1 aliphatic carbocycles. The molecule has 0 amide bonds. The molecule has 4 heterocycles. The van der Waals surface area contributed by atoms with Crippen molar-refractivity contribution < 1.29 is 14.2 Å². The highest BCUT2D eigenvalue weighted by Crippen LogP contribution is 2.47. The molecular formula is C33H35ClFN5O2. The van der Waals surface area contributed by atoms with Gasteiger partial charge in [0.2, 0.25) is 0 Å². The fraction of sp³-hybridized carbons (Fsp3) is 0.394. The molecule has 2 N–H and O–H groups in total. The van der Waals surface area contributed by atoms with Gasteiger partial charge in [-0.05, 0) is 74.3 Å². The number of phenols is 1. The molecule has 0 radical (unpaired) electrons. The molecule has 1 saturated carbocycles. The second-order valence-electron chi connectivity index (χ2n) is 12.4. The molecule has 2 bridgehead atoms. The van der Waals surface area contributed by atoms with Gasteiger partial charge in [0.15, 0.2) is 5.82 Å². The number of benzene rings is 3. The Balaban J connectivity index is 1.40. The molecule has 42 heavy (non-hydrogen) atoms. The fourth-order valence-corrected chi connectivity index (χ4v) is 7.25. The van der Waals surface area contributed by atoms with Crippen LogP contribution < -0.4 is 15.0 Å². The van der Waals surface area contributed by atoms with E-state index in [0.29, 0.717) is 23.4 Å². The third-order valence-corrected chi connectivity index (χ3v) is 9.37. The van der Waals surface area contributed by atoms with Crippen molar-refractivity contribution in [3.8, 4) is 22.9 Å². The van der Waals surface area contributed by atoms with E-state index in [9.17, 15) is 5.11 Å². The summed E-state index contributed by atoms with van der Waals surface area (Å²) in [5.41, 5.74) is 0.926. The molecule has 4 aliphatic rings. The average Bonchev–Trinajstić information content (AvgIpc) is 3.74. The number of phenolic OH excluding ortho intramolecular Hbond substituents is 1. The normalized spacial score (nSPS) is 22.7. The molecule has 3 saturated heterocycles. The predicted octanol–water partition coefficient (Wildman–Crippen LogP) is 6.16. The summed E-state index contributed by atoms with van der Waals surface area (Å²) >= 11 is 6.90. The van der Waals surface area contributed by atoms with Crippen LogP contribution in [0.25, 0.3) is 32.8 Å². The summed E-state index contributed by atoms with van der Waals surface area (Å²) in [5.74, 6) is 0.106. The molecule has 3 aromatic carbocycles. The molecule has 218 valence electrons. The molecule has 0 unspecified atom stereocenters. The Kier molecular flexibility index (Phi) is 6.76. The zero-order valence-electron chi connectivity index (χ0n) is 23.9. The molecule has 3 aliphatic heterocycles. The first-order chi connectivity index (χ1) is 20.2. The third kappa shape index (κ3) is 4.75. The molecule has 1 aromatic heterocycles. The van der Waals surface area contributed by atoms with Gasteiger partial charge in [-0.3, -0.25) is 0 Å². The number of nitrogens with zero attached hydrogens (tertiary/aromatic N) is 4. The lowest BCUT2D eigenvalue weighted by Crippen LogP contribution is -2.66. The molecule has 4 fully saturated rings. The third-order valence-electron chi connectivity index (χ3n) is 9.07. The minimum atomic E-state index is -0.559. The molecule has 4 aromatic rings. The van der Waals surface area contributed by atoms with Gasteiger partial charge >= 0.3 is 6.01 Å². The number of anilines is 1. The Labute approximate surface area is 250 Å². The van der Waals surface area contributed by atoms with Crippen molar-refractivity contribution in [2.24, 2.45) is 5.41 Å². The van der Waals surface area contributed by atoms with Crippen LogP contribution in [-0.2, 0) is 0 Å². The second-order valence-corrected chi connectivity index (χ2v) is 12.8. The van der Waals surface area contributed by atoms with Crippen LogP contribution in [0.1, 0.15) is 25.7 Å². The summed E-state index contributed by atoms with van der Waals surface area (Å²) in [6.07, 6.45) is 6.14. The summed E-state index contributed by atoms with van der Waals surface area (Å²) in [6, 6.07) is 13.2. The highest BCUT2D eigenvalue weighted by atomic mass is 35.5. The first kappa shape index (κ1) is 27.4. The number of aromatic nitrogens is 2. The van der Waals surface area contributed by atoms with E-state index < -0.39 is 5.82 Å². The zero-order chi connectivity index (χ0) is 29.2. The van der Waals surface area contributed by atoms with Gasteiger partial charge in [0.1, 0.15) is 17.1 Å². The minimum Gasteiger partial charge on any atom is -0.508 e. The van der Waals surface area contributed by atoms with E-state index in [2.05, 4.69) is 40.8 Å². The van der Waals surface area contributed by atoms with E-state index in [4.69, 9.17) is 21.3 Å². The molecule has 9 heteroatoms. The standard InChI is InChI=1S/C33H35ClFN5O2/c1-4-26-27-10-9-20(36-26)16-40(27)31-24-15-25(34)28(23-14-21(41)13-19-7-5-6-8-22(19)23)29(35)30(24)37-32(38-31)42-18-33(11-12-33)17-39(2)3/h4-8,13-15,20,26-27,36,41H,1,9-12,16-18H2,2-3H3/t20-,26-,27+/m1/s1. The van der Waals surface area contributed by atoms with E-state index in [1.165, 1.54) is 0 Å². The van der Waals surface area contributed by atoms with Crippen molar-refractivity contribution in [1.29, 1.82) is 0 Å². The number of nitrogens with one attached hydrogen (secondary N) is 1. The molecule has 8 rings (SSSR count). The van der Waals surface area contributed by atoms with Crippen LogP contribution in [-0.4, -0.2) is 71.9 Å². The van der Waals surface area contributed by atoms with Crippen molar-refractivity contribution in [3.63, 3.8) is 0 Å². The number of piperidine rings is 2. The maximum absolute atomic E-state index is 16.8. The Hall–Kier alpha value is -3.46. The summed E-state index contributed by atoms with van der Waals surface area (Å²) in [5, 5.41) is 16.5. The highest BCUT2D eigenvalue weighted by Gasteiger charge is 2.44. The fourth-order valence-electron chi connectivity index (χ4n) is 6.96. The first-order valence-corrected chi connectivity index (χ1v) is 15.0. The maximum atomic E-state index is 16.8. The van der Waals surface area contributed by atoms with Gasteiger partial charge in [-0.2, -0.15) is 9.97 Å². The van der Waals surface area contributed by atoms with Crippen LogP contribution in [0, 0.1) is 11.2 Å². The van der Waals surface area contributed by atoms with Crippen LogP contribution in [0.15, 0.2) is 55.1 Å². The summed E-state index contributed by atoms with van der Waals surface area (Å²) in [6.45, 7) is 6.17. The topological polar surface area (TPSA) is 73.8 Å². The van der Waals surface area contributed by atoms with Gasteiger partial charge < -0.3 is 25.0 Å². The number of halogens is 2. The van der Waals surface area contributed by atoms with Crippen molar-refractivity contribution in [2.75, 3.05) is 38.7 Å². The molecular weight excluding hydrogens is 553 g/mol. The number of aromatic hydroxyl groups is 1. The van der Waals surface area contributed by atoms with Gasteiger partial charge in [-0.25, -0.2) is 4.39 Å². The average molecular weight is 588 g/mol. The van der Waals surface area contributed by atoms with E-state index in [1.54, 1.807) is 18.2 Å². The maximum Gasteiger partial charge on any atom is 0.319 e. The van der Waals surface area contributed by atoms with Crippen molar-refractivity contribution in [1.82, 2.24) is 20.2 Å². The number of piperazine rings is 1. The van der Waals surface area contributed by atoms with Gasteiger partial charge in [0.25, 0.3) is 0 Å². The summed E-state index contributed by atoms with van der Waals surface area (Å²) in [7, 11) is 4.12. The number of hydrogen-bond donors (Lipinski definition) is 2. The van der Waals surface area contributed by atoms with Crippen LogP contribution >= 0.6 is 11.6 Å². The number of ether oxygens (including phenoxy) is 1. The molecule has 3 atom stereocenters. The van der Waals surface area contributed by atoms with E-state index in [1.807, 2.05) is 30.3 Å². The number of rotatable bonds is 8. The number of hydrogen-bond acceptors (Lipinski definition) is 7.